The van der Waals surface area contributed by atoms with Crippen molar-refractivity contribution in [2.24, 2.45) is 0 Å². The number of aryl methyl sites for hydroxylation is 4. The highest BCUT2D eigenvalue weighted by Crippen LogP contribution is 2.25. The van der Waals surface area contributed by atoms with Crippen LogP contribution >= 0.6 is 0 Å². The summed E-state index contributed by atoms with van der Waals surface area (Å²) in [7, 11) is 0. The molecule has 0 N–H and O–H groups in total. The van der Waals surface area contributed by atoms with Crippen LogP contribution in [0.5, 0.6) is 0 Å². The van der Waals surface area contributed by atoms with Crippen LogP contribution in [0.1, 0.15) is 153 Å². The lowest BCUT2D eigenvalue weighted by Gasteiger charge is -2.08. The molecule has 61 heavy (non-hydrogen) atoms. The highest BCUT2D eigenvalue weighted by atomic mass is 14.1. The first-order valence-electron chi connectivity index (χ1n) is 23.7. The minimum Gasteiger partial charge on any atom is -0.0693 e. The Morgan fingerprint density at radius 2 is 0.459 bits per heavy atom. The smallest absolute Gasteiger partial charge is 0.0108 e. The molecule has 0 fully saturated rings. The summed E-state index contributed by atoms with van der Waals surface area (Å²) in [5.74, 6) is 0. The normalized spacial score (nSPS) is 8.95. The Labute approximate surface area is 382 Å². The summed E-state index contributed by atoms with van der Waals surface area (Å²) >= 11 is 0. The zero-order valence-electron chi connectivity index (χ0n) is 43.9. The Morgan fingerprint density at radius 3 is 0.656 bits per heavy atom. The van der Waals surface area contributed by atoms with Gasteiger partial charge in [-0.2, -0.15) is 0 Å². The topological polar surface area (TPSA) is 0 Å². The van der Waals surface area contributed by atoms with Crippen molar-refractivity contribution < 1.29 is 0 Å². The Kier molecular flexibility index (Phi) is 61.2. The van der Waals surface area contributed by atoms with E-state index < -0.39 is 0 Å². The molecule has 1 aliphatic rings. The molecule has 340 valence electrons. The van der Waals surface area contributed by atoms with Gasteiger partial charge >= 0.3 is 0 Å². The van der Waals surface area contributed by atoms with Crippen molar-refractivity contribution in [3.63, 3.8) is 0 Å². The van der Waals surface area contributed by atoms with E-state index in [2.05, 4.69) is 175 Å². The molecule has 6 aromatic carbocycles. The average molecular weight is 829 g/mol. The van der Waals surface area contributed by atoms with Crippen LogP contribution in [-0.2, 0) is 0 Å². The molecule has 0 saturated heterocycles. The number of benzene rings is 6. The van der Waals surface area contributed by atoms with E-state index >= 15 is 0 Å². The number of fused-ring (bicyclic) bond motifs is 1. The Balaban J connectivity index is -0.000000146. The van der Waals surface area contributed by atoms with Gasteiger partial charge in [0.2, 0.25) is 0 Å². The molecular weight excluding hydrogens is 733 g/mol. The van der Waals surface area contributed by atoms with Crippen LogP contribution in [-0.4, -0.2) is 0 Å². The van der Waals surface area contributed by atoms with E-state index in [0.717, 1.165) is 0 Å². The lowest BCUT2D eigenvalue weighted by Crippen LogP contribution is -1.85. The van der Waals surface area contributed by atoms with Crippen LogP contribution in [0.25, 0.3) is 21.9 Å². The minimum atomic E-state index is 1.19. The Morgan fingerprint density at radius 1 is 0.246 bits per heavy atom. The zero-order chi connectivity index (χ0) is 48.3. The van der Waals surface area contributed by atoms with Gasteiger partial charge in [-0.15, -0.1) is 0 Å². The summed E-state index contributed by atoms with van der Waals surface area (Å²) in [6, 6.07) is 54.2. The maximum absolute atomic E-state index is 2.18. The molecule has 0 bridgehead atoms. The van der Waals surface area contributed by atoms with Gasteiger partial charge in [0.25, 0.3) is 0 Å². The molecule has 0 radical (unpaired) electrons. The lowest BCUT2D eigenvalue weighted by molar-refractivity contribution is 1.15. The predicted octanol–water partition coefficient (Wildman–Crippen LogP) is 21.3. The average Bonchev–Trinajstić information content (AvgIpc) is 3.76. The van der Waals surface area contributed by atoms with Crippen LogP contribution in [0.15, 0.2) is 181 Å². The summed E-state index contributed by atoms with van der Waals surface area (Å²) in [5, 5.41) is 2.62. The highest BCUT2D eigenvalue weighted by molar-refractivity contribution is 5.82. The van der Waals surface area contributed by atoms with Crippen molar-refractivity contribution in [2.45, 2.75) is 159 Å². The van der Waals surface area contributed by atoms with Crippen molar-refractivity contribution in [1.29, 1.82) is 0 Å². The highest BCUT2D eigenvalue weighted by Gasteiger charge is 2.02. The SMILES string of the molecule is CC.CC.CC.CC.CC.CC.CC.CC.CC1=CC=C(C)C1.Cc1ccc(C)cc1.Cc1ccccc1-c1ccccc1C.c1ccc2ccccc2c1.c1ccccc1. The van der Waals surface area contributed by atoms with Crippen molar-refractivity contribution in [3.05, 3.63) is 203 Å². The van der Waals surface area contributed by atoms with Gasteiger partial charge in [0.15, 0.2) is 0 Å². The third kappa shape index (κ3) is 37.8. The summed E-state index contributed by atoms with van der Waals surface area (Å²) in [6.45, 7) is 44.8. The van der Waals surface area contributed by atoms with Gasteiger partial charge in [-0.25, -0.2) is 0 Å². The molecule has 0 heterocycles. The zero-order valence-corrected chi connectivity index (χ0v) is 43.9. The fourth-order valence-corrected chi connectivity index (χ4v) is 4.75. The van der Waals surface area contributed by atoms with Gasteiger partial charge in [0.05, 0.1) is 0 Å². The van der Waals surface area contributed by atoms with Crippen molar-refractivity contribution in [2.75, 3.05) is 0 Å². The Hall–Kier alpha value is -4.94. The predicted molar refractivity (Wildman–Crippen MR) is 291 cm³/mol. The molecule has 0 aromatic heterocycles. The molecule has 0 atom stereocenters. The Bertz CT molecular complexity index is 1580. The second-order valence-electron chi connectivity index (χ2n) is 11.5. The maximum Gasteiger partial charge on any atom is -0.0108 e. The van der Waals surface area contributed by atoms with Gasteiger partial charge in [-0.05, 0) is 81.0 Å². The number of hydrogen-bond acceptors (Lipinski definition) is 0. The first-order chi connectivity index (χ1) is 29.8. The van der Waals surface area contributed by atoms with E-state index in [1.54, 1.807) is 0 Å². The standard InChI is InChI=1S/C14H14.C10H8.C8H10.C7H10.C6H6.8C2H6/c1-11-7-3-5-9-13(11)14-10-6-4-8-12(14)2;1-2-6-10-8-4-3-7-9(10)5-1;1-7-3-5-8(2)6-4-7;1-6-3-4-7(2)5-6;1-2-4-6-5-3-1;8*1-2/h3-10H,1-2H3;1-8H;3-6H,1-2H3;3-4H,5H2,1-2H3;1-6H;8*1-2H3. The fraction of sp³-hybridized carbons (Fsp3) is 0.377. The molecular formula is C61H96. The second-order valence-corrected chi connectivity index (χ2v) is 11.5. The molecule has 0 spiro atoms. The van der Waals surface area contributed by atoms with Crippen molar-refractivity contribution in [1.82, 2.24) is 0 Å². The lowest BCUT2D eigenvalue weighted by atomic mass is 9.97. The summed E-state index contributed by atoms with van der Waals surface area (Å²) < 4.78 is 0. The molecule has 7 rings (SSSR count). The fourth-order valence-electron chi connectivity index (χ4n) is 4.75. The summed E-state index contributed by atoms with van der Waals surface area (Å²) in [5.41, 5.74) is 11.0. The first-order valence-corrected chi connectivity index (χ1v) is 23.7. The molecule has 0 nitrogen and oxygen atoms in total. The van der Waals surface area contributed by atoms with Gasteiger partial charge in [0.1, 0.15) is 0 Å². The first kappa shape index (κ1) is 67.8. The van der Waals surface area contributed by atoms with E-state index in [9.17, 15) is 0 Å². The number of hydrogen-bond donors (Lipinski definition) is 0. The quantitative estimate of drug-likeness (QED) is 0.155. The van der Waals surface area contributed by atoms with Crippen LogP contribution in [0, 0.1) is 27.7 Å². The van der Waals surface area contributed by atoms with Gasteiger partial charge in [0, 0.05) is 0 Å². The number of allylic oxidation sites excluding steroid dienone is 4. The van der Waals surface area contributed by atoms with Crippen molar-refractivity contribution in [3.8, 4) is 11.1 Å². The van der Waals surface area contributed by atoms with Gasteiger partial charge < -0.3 is 0 Å². The van der Waals surface area contributed by atoms with Crippen molar-refractivity contribution >= 4 is 10.8 Å². The largest absolute Gasteiger partial charge is 0.0693 e. The van der Waals surface area contributed by atoms with Gasteiger partial charge in [-0.3, -0.25) is 0 Å². The molecule has 0 saturated carbocycles. The van der Waals surface area contributed by atoms with E-state index in [1.165, 1.54) is 61.7 Å². The monoisotopic (exact) mass is 829 g/mol. The number of rotatable bonds is 1. The molecule has 0 unspecified atom stereocenters. The molecule has 6 aromatic rings. The molecule has 0 amide bonds. The van der Waals surface area contributed by atoms with Crippen LogP contribution in [0.3, 0.4) is 0 Å². The van der Waals surface area contributed by atoms with E-state index in [0.29, 0.717) is 0 Å². The third-order valence-electron chi connectivity index (χ3n) is 7.33. The van der Waals surface area contributed by atoms with Crippen LogP contribution in [0.2, 0.25) is 0 Å². The second kappa shape index (κ2) is 55.1. The van der Waals surface area contributed by atoms with E-state index in [-0.39, 0.29) is 0 Å². The van der Waals surface area contributed by atoms with Crippen LogP contribution < -0.4 is 0 Å². The molecule has 0 aliphatic heterocycles. The minimum absolute atomic E-state index is 1.19. The van der Waals surface area contributed by atoms with E-state index in [4.69, 9.17) is 0 Å². The van der Waals surface area contributed by atoms with Gasteiger partial charge in [-0.1, -0.05) is 303 Å². The third-order valence-corrected chi connectivity index (χ3v) is 7.33. The summed E-state index contributed by atoms with van der Waals surface area (Å²) in [4.78, 5) is 0. The maximum atomic E-state index is 2.18. The summed E-state index contributed by atoms with van der Waals surface area (Å²) in [6.07, 6.45) is 5.55. The molecule has 0 heteroatoms. The van der Waals surface area contributed by atoms with Crippen LogP contribution in [0.4, 0.5) is 0 Å². The van der Waals surface area contributed by atoms with E-state index in [1.807, 2.05) is 147 Å². The molecule has 1 aliphatic carbocycles.